The Morgan fingerprint density at radius 2 is 2.20 bits per heavy atom. The monoisotopic (exact) mass is 204 g/mol. The van der Waals surface area contributed by atoms with Crippen molar-refractivity contribution >= 4 is 11.6 Å². The van der Waals surface area contributed by atoms with Crippen molar-refractivity contribution < 1.29 is 4.79 Å². The number of amides is 1. The van der Waals surface area contributed by atoms with Gasteiger partial charge in [0.1, 0.15) is 0 Å². The summed E-state index contributed by atoms with van der Waals surface area (Å²) in [5.41, 5.74) is 2.50. The number of carbonyl (C=O) groups excluding carboxylic acids is 1. The van der Waals surface area contributed by atoms with Gasteiger partial charge in [0.15, 0.2) is 0 Å². The maximum Gasteiger partial charge on any atom is 0.248 e. The van der Waals surface area contributed by atoms with Crippen LogP contribution >= 0.6 is 0 Å². The molecule has 1 heterocycles. The summed E-state index contributed by atoms with van der Waals surface area (Å²) in [6, 6.07) is 3.22. The highest BCUT2D eigenvalue weighted by Crippen LogP contribution is 2.18. The largest absolute Gasteiger partial charge is 0.326 e. The lowest BCUT2D eigenvalue weighted by molar-refractivity contribution is -0.115. The van der Waals surface area contributed by atoms with Crippen molar-refractivity contribution in [1.29, 1.82) is 0 Å². The fraction of sp³-hybridized carbons (Fsp3) is 0.364. The molecule has 78 valence electrons. The van der Waals surface area contributed by atoms with Crippen LogP contribution in [0.4, 0.5) is 0 Å². The molecule has 0 spiro atoms. The van der Waals surface area contributed by atoms with E-state index in [9.17, 15) is 9.59 Å². The Kier molecular flexibility index (Phi) is 2.49. The lowest BCUT2D eigenvalue weighted by Crippen LogP contribution is -2.19. The number of nitrogens with one attached hydrogen (secondary N) is 1. The molecule has 1 aliphatic rings. The van der Waals surface area contributed by atoms with Crippen molar-refractivity contribution in [3.63, 3.8) is 0 Å². The molecule has 4 heteroatoms. The van der Waals surface area contributed by atoms with E-state index in [-0.39, 0.29) is 11.5 Å². The Bertz CT molecular complexity index is 486. The van der Waals surface area contributed by atoms with E-state index in [1.165, 1.54) is 13.0 Å². The van der Waals surface area contributed by atoms with E-state index < -0.39 is 0 Å². The fourth-order valence-electron chi connectivity index (χ4n) is 1.86. The van der Waals surface area contributed by atoms with E-state index in [1.807, 2.05) is 0 Å². The van der Waals surface area contributed by atoms with Gasteiger partial charge in [-0.15, -0.1) is 0 Å². The van der Waals surface area contributed by atoms with Gasteiger partial charge in [-0.2, -0.15) is 0 Å². The summed E-state index contributed by atoms with van der Waals surface area (Å²) in [5.74, 6) is -0.191. The SMILES string of the molecule is CC(=O)N=C1CCCc2[nH]c(=O)ccc21. The van der Waals surface area contributed by atoms with Gasteiger partial charge < -0.3 is 4.98 Å². The lowest BCUT2D eigenvalue weighted by atomic mass is 9.94. The third-order valence-corrected chi connectivity index (χ3v) is 2.44. The van der Waals surface area contributed by atoms with Gasteiger partial charge in [-0.1, -0.05) is 0 Å². The van der Waals surface area contributed by atoms with Gasteiger partial charge in [-0.3, -0.25) is 9.59 Å². The van der Waals surface area contributed by atoms with Crippen molar-refractivity contribution in [2.75, 3.05) is 0 Å². The Labute approximate surface area is 87.1 Å². The first kappa shape index (κ1) is 9.83. The molecule has 1 amide bonds. The molecule has 4 nitrogen and oxygen atoms in total. The van der Waals surface area contributed by atoms with E-state index in [2.05, 4.69) is 9.98 Å². The molecule has 0 aliphatic heterocycles. The number of fused-ring (bicyclic) bond motifs is 1. The number of nitrogens with zero attached hydrogens (tertiary/aromatic N) is 1. The number of aromatic amines is 1. The quantitative estimate of drug-likeness (QED) is 0.686. The number of carbonyl (C=O) groups is 1. The minimum Gasteiger partial charge on any atom is -0.326 e. The van der Waals surface area contributed by atoms with Gasteiger partial charge in [-0.25, -0.2) is 4.99 Å². The van der Waals surface area contributed by atoms with Crippen molar-refractivity contribution in [3.8, 4) is 0 Å². The second-order valence-corrected chi connectivity index (χ2v) is 3.65. The van der Waals surface area contributed by atoms with E-state index in [0.29, 0.717) is 0 Å². The zero-order chi connectivity index (χ0) is 10.8. The molecule has 0 aromatic carbocycles. The van der Waals surface area contributed by atoms with Crippen LogP contribution in [0, 0.1) is 0 Å². The number of aromatic nitrogens is 1. The summed E-state index contributed by atoms with van der Waals surface area (Å²) in [4.78, 5) is 28.8. The van der Waals surface area contributed by atoms with Crippen LogP contribution in [-0.2, 0) is 11.2 Å². The van der Waals surface area contributed by atoms with Gasteiger partial charge in [0.05, 0.1) is 5.71 Å². The Hall–Kier alpha value is -1.71. The molecule has 1 aliphatic carbocycles. The maximum atomic E-state index is 11.1. The number of aliphatic imine (C=N–C) groups is 1. The Balaban J connectivity index is 2.52. The summed E-state index contributed by atoms with van der Waals surface area (Å²) in [7, 11) is 0. The number of hydrogen-bond acceptors (Lipinski definition) is 2. The van der Waals surface area contributed by atoms with Gasteiger partial charge in [0.25, 0.3) is 0 Å². The molecule has 1 N–H and O–H groups in total. The van der Waals surface area contributed by atoms with Crippen LogP contribution in [0.25, 0.3) is 0 Å². The molecule has 0 radical (unpaired) electrons. The highest BCUT2D eigenvalue weighted by Gasteiger charge is 2.16. The highest BCUT2D eigenvalue weighted by atomic mass is 16.1. The van der Waals surface area contributed by atoms with Crippen molar-refractivity contribution in [2.45, 2.75) is 26.2 Å². The van der Waals surface area contributed by atoms with E-state index in [0.717, 1.165) is 36.2 Å². The molecule has 1 aromatic rings. The topological polar surface area (TPSA) is 62.3 Å². The van der Waals surface area contributed by atoms with E-state index in [4.69, 9.17) is 0 Å². The minimum atomic E-state index is -0.191. The van der Waals surface area contributed by atoms with E-state index >= 15 is 0 Å². The van der Waals surface area contributed by atoms with Crippen LogP contribution in [0.15, 0.2) is 21.9 Å². The maximum absolute atomic E-state index is 11.1. The second-order valence-electron chi connectivity index (χ2n) is 3.65. The molecule has 0 bridgehead atoms. The predicted octanol–water partition coefficient (Wildman–Crippen LogP) is 1.05. The van der Waals surface area contributed by atoms with Gasteiger partial charge in [-0.05, 0) is 25.3 Å². The molecule has 0 saturated carbocycles. The van der Waals surface area contributed by atoms with Crippen molar-refractivity contribution in [1.82, 2.24) is 4.98 Å². The first-order valence-corrected chi connectivity index (χ1v) is 4.97. The number of hydrogen-bond donors (Lipinski definition) is 1. The zero-order valence-electron chi connectivity index (χ0n) is 8.54. The van der Waals surface area contributed by atoms with Crippen LogP contribution in [0.2, 0.25) is 0 Å². The molecule has 1 aromatic heterocycles. The normalized spacial score (nSPS) is 17.5. The molecular formula is C11H12N2O2. The summed E-state index contributed by atoms with van der Waals surface area (Å²) >= 11 is 0. The third-order valence-electron chi connectivity index (χ3n) is 2.44. The predicted molar refractivity (Wildman–Crippen MR) is 57.2 cm³/mol. The molecular weight excluding hydrogens is 192 g/mol. The van der Waals surface area contributed by atoms with E-state index in [1.54, 1.807) is 6.07 Å². The molecule has 0 unspecified atom stereocenters. The number of rotatable bonds is 0. The minimum absolute atomic E-state index is 0.0992. The molecule has 15 heavy (non-hydrogen) atoms. The first-order valence-electron chi connectivity index (χ1n) is 4.97. The Morgan fingerprint density at radius 1 is 1.40 bits per heavy atom. The smallest absolute Gasteiger partial charge is 0.248 e. The van der Waals surface area contributed by atoms with Crippen LogP contribution < -0.4 is 5.56 Å². The average Bonchev–Trinajstić information content (AvgIpc) is 2.16. The van der Waals surface area contributed by atoms with Gasteiger partial charge in [0, 0.05) is 24.2 Å². The third kappa shape index (κ3) is 2.03. The number of aryl methyl sites for hydroxylation is 1. The molecule has 2 rings (SSSR count). The molecule has 0 atom stereocenters. The van der Waals surface area contributed by atoms with Crippen LogP contribution in [0.1, 0.15) is 31.0 Å². The fourth-order valence-corrected chi connectivity index (χ4v) is 1.86. The van der Waals surface area contributed by atoms with Crippen LogP contribution in [0.5, 0.6) is 0 Å². The Morgan fingerprint density at radius 3 is 2.93 bits per heavy atom. The average molecular weight is 204 g/mol. The van der Waals surface area contributed by atoms with Gasteiger partial charge in [0.2, 0.25) is 11.5 Å². The summed E-state index contributed by atoms with van der Waals surface area (Å²) < 4.78 is 0. The van der Waals surface area contributed by atoms with Crippen LogP contribution in [0.3, 0.4) is 0 Å². The highest BCUT2D eigenvalue weighted by molar-refractivity contribution is 6.07. The summed E-state index contributed by atoms with van der Waals surface area (Å²) in [6.45, 7) is 1.44. The molecule has 0 fully saturated rings. The summed E-state index contributed by atoms with van der Waals surface area (Å²) in [6.07, 6.45) is 2.58. The number of pyridine rings is 1. The first-order chi connectivity index (χ1) is 7.16. The summed E-state index contributed by atoms with van der Waals surface area (Å²) in [5, 5.41) is 0. The molecule has 0 saturated heterocycles. The zero-order valence-corrected chi connectivity index (χ0v) is 8.54. The van der Waals surface area contributed by atoms with Crippen molar-refractivity contribution in [3.05, 3.63) is 33.7 Å². The standard InChI is InChI=1S/C11H12N2O2/c1-7(14)12-9-3-2-4-10-8(9)5-6-11(15)13-10/h5-6H,2-4H2,1H3,(H,13,15). The number of H-pyrrole nitrogens is 1. The van der Waals surface area contributed by atoms with Crippen LogP contribution in [-0.4, -0.2) is 16.6 Å². The van der Waals surface area contributed by atoms with Crippen molar-refractivity contribution in [2.24, 2.45) is 4.99 Å². The lowest BCUT2D eigenvalue weighted by Gasteiger charge is -2.16. The second kappa shape index (κ2) is 3.81. The van der Waals surface area contributed by atoms with Gasteiger partial charge >= 0.3 is 0 Å².